The van der Waals surface area contributed by atoms with Gasteiger partial charge in [0.15, 0.2) is 11.0 Å². The molecule has 1 aromatic heterocycles. The van der Waals surface area contributed by atoms with Crippen LogP contribution in [-0.4, -0.2) is 33.0 Å². The Balaban J connectivity index is 1.52. The van der Waals surface area contributed by atoms with Crippen molar-refractivity contribution in [1.29, 1.82) is 0 Å². The first kappa shape index (κ1) is 20.0. The van der Waals surface area contributed by atoms with Gasteiger partial charge in [-0.2, -0.15) is 0 Å². The van der Waals surface area contributed by atoms with Gasteiger partial charge in [-0.05, 0) is 63.3 Å². The lowest BCUT2D eigenvalue weighted by Crippen LogP contribution is -2.26. The Bertz CT molecular complexity index is 801. The molecule has 0 fully saturated rings. The molecule has 1 N–H and O–H groups in total. The molecule has 0 radical (unpaired) electrons. The van der Waals surface area contributed by atoms with Crippen LogP contribution in [0.1, 0.15) is 39.0 Å². The summed E-state index contributed by atoms with van der Waals surface area (Å²) in [7, 11) is 0. The lowest BCUT2D eigenvalue weighted by molar-refractivity contribution is -0.118. The van der Waals surface area contributed by atoms with Gasteiger partial charge >= 0.3 is 0 Å². The van der Waals surface area contributed by atoms with Crippen molar-refractivity contribution in [3.63, 3.8) is 0 Å². The molecule has 144 valence electrons. The van der Waals surface area contributed by atoms with Crippen LogP contribution in [0.3, 0.4) is 0 Å². The van der Waals surface area contributed by atoms with E-state index in [1.807, 2.05) is 35.8 Å². The van der Waals surface area contributed by atoms with E-state index in [1.54, 1.807) is 0 Å². The molecular weight excluding hydrogens is 380 g/mol. The van der Waals surface area contributed by atoms with E-state index in [4.69, 9.17) is 11.6 Å². The van der Waals surface area contributed by atoms with Gasteiger partial charge in [0.2, 0.25) is 5.91 Å². The smallest absolute Gasteiger partial charge is 0.230 e. The van der Waals surface area contributed by atoms with Crippen molar-refractivity contribution in [3.8, 4) is 11.4 Å². The maximum atomic E-state index is 12.1. The number of allylic oxidation sites excluding steroid dienone is 1. The van der Waals surface area contributed by atoms with Crippen LogP contribution in [-0.2, 0) is 11.3 Å². The molecule has 3 rings (SSSR count). The van der Waals surface area contributed by atoms with Gasteiger partial charge in [-0.3, -0.25) is 4.79 Å². The molecule has 0 bridgehead atoms. The summed E-state index contributed by atoms with van der Waals surface area (Å²) in [6.07, 6.45) is 8.22. The van der Waals surface area contributed by atoms with E-state index in [1.165, 1.54) is 43.0 Å². The van der Waals surface area contributed by atoms with E-state index in [0.29, 0.717) is 17.3 Å². The minimum atomic E-state index is 0.0371. The fourth-order valence-corrected chi connectivity index (χ4v) is 4.13. The molecule has 0 saturated carbocycles. The zero-order valence-electron chi connectivity index (χ0n) is 15.6. The highest BCUT2D eigenvalue weighted by Gasteiger charge is 2.14. The van der Waals surface area contributed by atoms with Crippen molar-refractivity contribution < 1.29 is 4.79 Å². The second kappa shape index (κ2) is 9.95. The number of hydrogen-bond acceptors (Lipinski definition) is 4. The number of carbonyl (C=O) groups is 1. The molecule has 27 heavy (non-hydrogen) atoms. The summed E-state index contributed by atoms with van der Waals surface area (Å²) in [6.45, 7) is 3.50. The van der Waals surface area contributed by atoms with Crippen molar-refractivity contribution >= 4 is 29.3 Å². The molecule has 1 aliphatic rings. The second-order valence-electron chi connectivity index (χ2n) is 6.55. The summed E-state index contributed by atoms with van der Waals surface area (Å²) >= 11 is 7.38. The number of halogens is 1. The quantitative estimate of drug-likeness (QED) is 0.511. The Hall–Kier alpha value is -1.79. The van der Waals surface area contributed by atoms with Crippen LogP contribution in [0, 0.1) is 0 Å². The van der Waals surface area contributed by atoms with Gasteiger partial charge in [-0.15, -0.1) is 10.2 Å². The highest BCUT2D eigenvalue weighted by molar-refractivity contribution is 7.99. The SMILES string of the molecule is CCn1c(SCC(=O)NCCC2=CCCCC2)nnc1-c1ccc(Cl)cc1. The van der Waals surface area contributed by atoms with Gasteiger partial charge in [0.05, 0.1) is 5.75 Å². The van der Waals surface area contributed by atoms with Crippen molar-refractivity contribution in [2.75, 3.05) is 12.3 Å². The number of nitrogens with one attached hydrogen (secondary N) is 1. The average Bonchev–Trinajstić information content (AvgIpc) is 3.10. The van der Waals surface area contributed by atoms with Gasteiger partial charge in [-0.25, -0.2) is 0 Å². The molecule has 1 amide bonds. The molecule has 7 heteroatoms. The third-order valence-electron chi connectivity index (χ3n) is 4.62. The number of nitrogens with zero attached hydrogens (tertiary/aromatic N) is 3. The normalized spacial score (nSPS) is 14.1. The zero-order valence-corrected chi connectivity index (χ0v) is 17.2. The van der Waals surface area contributed by atoms with Gasteiger partial charge < -0.3 is 9.88 Å². The Kier molecular flexibility index (Phi) is 7.35. The summed E-state index contributed by atoms with van der Waals surface area (Å²) < 4.78 is 2.02. The van der Waals surface area contributed by atoms with Gasteiger partial charge in [0, 0.05) is 23.7 Å². The highest BCUT2D eigenvalue weighted by Crippen LogP contribution is 2.25. The number of benzene rings is 1. The molecule has 0 spiro atoms. The zero-order chi connectivity index (χ0) is 19.1. The van der Waals surface area contributed by atoms with Crippen LogP contribution >= 0.6 is 23.4 Å². The number of rotatable bonds is 8. The van der Waals surface area contributed by atoms with E-state index < -0.39 is 0 Å². The standard InChI is InChI=1S/C20H25ClN4OS/c1-2-25-19(16-8-10-17(21)11-9-16)23-24-20(25)27-14-18(26)22-13-12-15-6-4-3-5-7-15/h6,8-11H,2-5,7,12-14H2,1H3,(H,22,26). The van der Waals surface area contributed by atoms with Crippen molar-refractivity contribution in [1.82, 2.24) is 20.1 Å². The molecule has 0 saturated heterocycles. The molecule has 0 aliphatic heterocycles. The molecule has 0 atom stereocenters. The predicted molar refractivity (Wildman–Crippen MR) is 111 cm³/mol. The molecule has 1 heterocycles. The van der Waals surface area contributed by atoms with Crippen molar-refractivity contribution in [2.45, 2.75) is 50.7 Å². The first-order valence-electron chi connectivity index (χ1n) is 9.44. The fraction of sp³-hybridized carbons (Fsp3) is 0.450. The van der Waals surface area contributed by atoms with Crippen LogP contribution in [0.25, 0.3) is 11.4 Å². The Labute approximate surface area is 169 Å². The van der Waals surface area contributed by atoms with E-state index >= 15 is 0 Å². The number of amides is 1. The first-order valence-corrected chi connectivity index (χ1v) is 10.8. The third-order valence-corrected chi connectivity index (χ3v) is 5.84. The van der Waals surface area contributed by atoms with Crippen LogP contribution < -0.4 is 5.32 Å². The summed E-state index contributed by atoms with van der Waals surface area (Å²) in [6, 6.07) is 7.54. The van der Waals surface area contributed by atoms with E-state index in [2.05, 4.69) is 21.6 Å². The van der Waals surface area contributed by atoms with E-state index in [0.717, 1.165) is 29.5 Å². The minimum Gasteiger partial charge on any atom is -0.355 e. The number of thioether (sulfide) groups is 1. The fourth-order valence-electron chi connectivity index (χ4n) is 3.17. The summed E-state index contributed by atoms with van der Waals surface area (Å²) in [4.78, 5) is 12.1. The Morgan fingerprint density at radius 3 is 2.78 bits per heavy atom. The minimum absolute atomic E-state index is 0.0371. The van der Waals surface area contributed by atoms with Crippen LogP contribution in [0.4, 0.5) is 0 Å². The van der Waals surface area contributed by atoms with Gasteiger partial charge in [-0.1, -0.05) is 35.0 Å². The van der Waals surface area contributed by atoms with Crippen LogP contribution in [0.5, 0.6) is 0 Å². The summed E-state index contributed by atoms with van der Waals surface area (Å²) in [5.74, 6) is 1.18. The molecule has 5 nitrogen and oxygen atoms in total. The van der Waals surface area contributed by atoms with Gasteiger partial charge in [0.1, 0.15) is 0 Å². The molecular formula is C20H25ClN4OS. The topological polar surface area (TPSA) is 59.8 Å². The molecule has 1 aliphatic carbocycles. The largest absolute Gasteiger partial charge is 0.355 e. The molecule has 1 aromatic carbocycles. The van der Waals surface area contributed by atoms with Crippen LogP contribution in [0.2, 0.25) is 5.02 Å². The Morgan fingerprint density at radius 2 is 2.07 bits per heavy atom. The maximum absolute atomic E-state index is 12.1. The Morgan fingerprint density at radius 1 is 1.26 bits per heavy atom. The van der Waals surface area contributed by atoms with Crippen LogP contribution in [0.15, 0.2) is 41.1 Å². The monoisotopic (exact) mass is 404 g/mol. The predicted octanol–water partition coefficient (Wildman–Crippen LogP) is 4.72. The van der Waals surface area contributed by atoms with E-state index in [-0.39, 0.29) is 5.91 Å². The third kappa shape index (κ3) is 5.59. The number of hydrogen-bond donors (Lipinski definition) is 1. The number of aromatic nitrogens is 3. The van der Waals surface area contributed by atoms with Gasteiger partial charge in [0.25, 0.3) is 0 Å². The summed E-state index contributed by atoms with van der Waals surface area (Å²) in [5, 5.41) is 13.0. The van der Waals surface area contributed by atoms with E-state index in [9.17, 15) is 4.79 Å². The summed E-state index contributed by atoms with van der Waals surface area (Å²) in [5.41, 5.74) is 2.44. The van der Waals surface area contributed by atoms with Crippen molar-refractivity contribution in [2.24, 2.45) is 0 Å². The maximum Gasteiger partial charge on any atom is 0.230 e. The second-order valence-corrected chi connectivity index (χ2v) is 7.93. The lowest BCUT2D eigenvalue weighted by Gasteiger charge is -2.13. The lowest BCUT2D eigenvalue weighted by atomic mass is 9.97. The highest BCUT2D eigenvalue weighted by atomic mass is 35.5. The average molecular weight is 405 g/mol. The molecule has 0 unspecified atom stereocenters. The van der Waals surface area contributed by atoms with Crippen molar-refractivity contribution in [3.05, 3.63) is 40.9 Å². The molecule has 2 aromatic rings. The number of carbonyl (C=O) groups excluding carboxylic acids is 1. The first-order chi connectivity index (χ1) is 13.2.